The van der Waals surface area contributed by atoms with E-state index in [9.17, 15) is 9.90 Å². The number of aryl methyl sites for hydroxylation is 2. The van der Waals surface area contributed by atoms with Crippen LogP contribution in [0.3, 0.4) is 0 Å². The fourth-order valence-corrected chi connectivity index (χ4v) is 4.43. The molecule has 0 saturated carbocycles. The molecule has 0 radical (unpaired) electrons. The van der Waals surface area contributed by atoms with Gasteiger partial charge in [0.15, 0.2) is 5.17 Å². The molecule has 4 nitrogen and oxygen atoms in total. The smallest absolute Gasteiger partial charge is 0.271 e. The molecule has 1 aliphatic rings. The average Bonchev–Trinajstić information content (AvgIpc) is 3.04. The highest BCUT2D eigenvalue weighted by Crippen LogP contribution is 2.40. The zero-order valence-corrected chi connectivity index (χ0v) is 18.8. The summed E-state index contributed by atoms with van der Waals surface area (Å²) in [4.78, 5) is 20.6. The average molecular weight is 429 g/mol. The first kappa shape index (κ1) is 20.9. The van der Waals surface area contributed by atoms with Gasteiger partial charge in [-0.05, 0) is 86.0 Å². The van der Waals surface area contributed by atoms with E-state index >= 15 is 0 Å². The van der Waals surface area contributed by atoms with E-state index in [-0.39, 0.29) is 11.7 Å². The monoisotopic (exact) mass is 428 g/mol. The maximum atomic E-state index is 13.5. The van der Waals surface area contributed by atoms with Gasteiger partial charge in [0.05, 0.1) is 16.3 Å². The van der Waals surface area contributed by atoms with Gasteiger partial charge in [0, 0.05) is 5.56 Å². The van der Waals surface area contributed by atoms with Crippen molar-refractivity contribution in [3.63, 3.8) is 0 Å². The summed E-state index contributed by atoms with van der Waals surface area (Å²) in [6, 6.07) is 18.9. The third-order valence-corrected chi connectivity index (χ3v) is 6.61. The maximum Gasteiger partial charge on any atom is 0.271 e. The van der Waals surface area contributed by atoms with Crippen LogP contribution in [0.5, 0.6) is 5.75 Å². The van der Waals surface area contributed by atoms with Crippen LogP contribution in [0.15, 0.2) is 70.6 Å². The zero-order chi connectivity index (χ0) is 22.1. The van der Waals surface area contributed by atoms with Gasteiger partial charge < -0.3 is 5.11 Å². The van der Waals surface area contributed by atoms with Gasteiger partial charge in [-0.1, -0.05) is 42.5 Å². The number of anilines is 1. The first-order valence-electron chi connectivity index (χ1n) is 10.1. The van der Waals surface area contributed by atoms with Crippen LogP contribution in [0.2, 0.25) is 0 Å². The molecule has 1 heterocycles. The van der Waals surface area contributed by atoms with Crippen molar-refractivity contribution in [1.82, 2.24) is 0 Å². The van der Waals surface area contributed by atoms with Gasteiger partial charge in [0.25, 0.3) is 5.91 Å². The molecule has 3 aromatic rings. The molecule has 1 aliphatic heterocycles. The van der Waals surface area contributed by atoms with Crippen molar-refractivity contribution in [3.8, 4) is 5.75 Å². The molecule has 1 saturated heterocycles. The third-order valence-electron chi connectivity index (χ3n) is 5.64. The highest BCUT2D eigenvalue weighted by atomic mass is 32.2. The summed E-state index contributed by atoms with van der Waals surface area (Å²) in [6.07, 6.45) is 1.73. The number of phenolic OH excluding ortho intramolecular Hbond substituents is 1. The lowest BCUT2D eigenvalue weighted by atomic mass is 10.1. The summed E-state index contributed by atoms with van der Waals surface area (Å²) in [6.45, 7) is 8.14. The highest BCUT2D eigenvalue weighted by Gasteiger charge is 2.36. The van der Waals surface area contributed by atoms with E-state index in [1.165, 1.54) is 11.8 Å². The number of amides is 1. The van der Waals surface area contributed by atoms with Crippen molar-refractivity contribution < 1.29 is 9.90 Å². The van der Waals surface area contributed by atoms with Crippen LogP contribution in [0, 0.1) is 27.7 Å². The number of aromatic hydroxyl groups is 1. The molecule has 4 rings (SSSR count). The van der Waals surface area contributed by atoms with E-state index in [0.717, 1.165) is 33.6 Å². The van der Waals surface area contributed by atoms with Gasteiger partial charge in [-0.2, -0.15) is 0 Å². The summed E-state index contributed by atoms with van der Waals surface area (Å²) < 4.78 is 0. The number of benzene rings is 3. The summed E-state index contributed by atoms with van der Waals surface area (Å²) in [5.41, 5.74) is 6.65. The molecule has 0 aromatic heterocycles. The van der Waals surface area contributed by atoms with Gasteiger partial charge in [0.2, 0.25) is 0 Å². The minimum atomic E-state index is -0.147. The molecule has 0 bridgehead atoms. The second kappa shape index (κ2) is 8.44. The Morgan fingerprint density at radius 3 is 2.29 bits per heavy atom. The van der Waals surface area contributed by atoms with Crippen molar-refractivity contribution >= 4 is 40.3 Å². The lowest BCUT2D eigenvalue weighted by Crippen LogP contribution is -2.29. The number of hydrogen-bond acceptors (Lipinski definition) is 4. The van der Waals surface area contributed by atoms with E-state index < -0.39 is 0 Å². The van der Waals surface area contributed by atoms with Crippen molar-refractivity contribution in [2.45, 2.75) is 27.7 Å². The van der Waals surface area contributed by atoms with E-state index in [2.05, 4.69) is 13.0 Å². The van der Waals surface area contributed by atoms with Gasteiger partial charge in [-0.15, -0.1) is 0 Å². The van der Waals surface area contributed by atoms with Gasteiger partial charge in [-0.3, -0.25) is 9.69 Å². The Labute approximate surface area is 187 Å². The molecule has 1 fully saturated rings. The van der Waals surface area contributed by atoms with E-state index in [1.807, 2.05) is 57.2 Å². The molecule has 31 heavy (non-hydrogen) atoms. The van der Waals surface area contributed by atoms with Gasteiger partial charge in [-0.25, -0.2) is 4.99 Å². The number of para-hydroxylation sites is 1. The molecule has 0 unspecified atom stereocenters. The van der Waals surface area contributed by atoms with E-state index in [4.69, 9.17) is 4.99 Å². The molecule has 1 N–H and O–H groups in total. The number of hydrogen-bond donors (Lipinski definition) is 1. The quantitative estimate of drug-likeness (QED) is 0.489. The lowest BCUT2D eigenvalue weighted by molar-refractivity contribution is -0.113. The molecule has 3 aromatic carbocycles. The molecular formula is C26H24N2O2S. The Balaban J connectivity index is 1.87. The fourth-order valence-electron chi connectivity index (χ4n) is 3.45. The van der Waals surface area contributed by atoms with Crippen LogP contribution in [0.1, 0.15) is 27.8 Å². The maximum absolute atomic E-state index is 13.5. The van der Waals surface area contributed by atoms with Gasteiger partial charge in [0.1, 0.15) is 5.75 Å². The number of carbonyl (C=O) groups is 1. The Morgan fingerprint density at radius 1 is 0.871 bits per heavy atom. The summed E-state index contributed by atoms with van der Waals surface area (Å²) >= 11 is 1.33. The van der Waals surface area contributed by atoms with E-state index in [1.54, 1.807) is 29.2 Å². The number of phenols is 1. The van der Waals surface area contributed by atoms with Crippen LogP contribution < -0.4 is 4.90 Å². The predicted octanol–water partition coefficient (Wildman–Crippen LogP) is 6.43. The number of amidine groups is 1. The first-order chi connectivity index (χ1) is 14.9. The second-order valence-corrected chi connectivity index (χ2v) is 8.65. The fraction of sp³-hybridized carbons (Fsp3) is 0.154. The Hall–Kier alpha value is -3.31. The minimum Gasteiger partial charge on any atom is -0.507 e. The van der Waals surface area contributed by atoms with Gasteiger partial charge >= 0.3 is 0 Å². The summed E-state index contributed by atoms with van der Waals surface area (Å²) in [7, 11) is 0. The highest BCUT2D eigenvalue weighted by molar-refractivity contribution is 8.19. The first-order valence-corrected chi connectivity index (χ1v) is 10.9. The standard InChI is InChI=1S/C26H24N2O2S/c1-16-9-7-12-21(18(16)3)27-26-28(22-13-8-10-17(2)19(22)4)25(30)24(31-26)15-20-11-5-6-14-23(20)29/h5-15,29H,1-4H3/b24-15+,27-26?. The molecule has 1 amide bonds. The lowest BCUT2D eigenvalue weighted by Gasteiger charge is -2.19. The van der Waals surface area contributed by atoms with Crippen molar-refractivity contribution in [1.29, 1.82) is 0 Å². The van der Waals surface area contributed by atoms with Crippen LogP contribution in [-0.2, 0) is 4.79 Å². The number of rotatable bonds is 3. The summed E-state index contributed by atoms with van der Waals surface area (Å²) in [5, 5.41) is 10.8. The molecule has 0 aliphatic carbocycles. The normalized spacial score (nSPS) is 16.5. The van der Waals surface area contributed by atoms with Crippen molar-refractivity contribution in [2.75, 3.05) is 4.90 Å². The largest absolute Gasteiger partial charge is 0.507 e. The van der Waals surface area contributed by atoms with Crippen LogP contribution in [0.25, 0.3) is 6.08 Å². The molecule has 5 heteroatoms. The predicted molar refractivity (Wildman–Crippen MR) is 130 cm³/mol. The molecule has 156 valence electrons. The van der Waals surface area contributed by atoms with Crippen LogP contribution in [0.4, 0.5) is 11.4 Å². The molecular weight excluding hydrogens is 404 g/mol. The zero-order valence-electron chi connectivity index (χ0n) is 18.0. The van der Waals surface area contributed by atoms with E-state index in [0.29, 0.717) is 15.6 Å². The topological polar surface area (TPSA) is 52.9 Å². The van der Waals surface area contributed by atoms with Crippen molar-refractivity contribution in [2.24, 2.45) is 4.99 Å². The Bertz CT molecular complexity index is 1240. The van der Waals surface area contributed by atoms with Crippen LogP contribution >= 0.6 is 11.8 Å². The number of aliphatic imine (C=N–C) groups is 1. The Kier molecular flexibility index (Phi) is 5.70. The second-order valence-electron chi connectivity index (χ2n) is 7.64. The SMILES string of the molecule is Cc1cccc(N=C2S/C(=C/c3ccccc3O)C(=O)N2c2cccc(C)c2C)c1C. The van der Waals surface area contributed by atoms with Crippen molar-refractivity contribution in [3.05, 3.63) is 93.4 Å². The number of thioether (sulfide) groups is 1. The van der Waals surface area contributed by atoms with Crippen LogP contribution in [-0.4, -0.2) is 16.2 Å². The molecule has 0 atom stereocenters. The minimum absolute atomic E-state index is 0.140. The summed E-state index contributed by atoms with van der Waals surface area (Å²) in [5.74, 6) is -0.00684. The Morgan fingerprint density at radius 2 is 1.55 bits per heavy atom. The third kappa shape index (κ3) is 4.01. The number of carbonyl (C=O) groups excluding carboxylic acids is 1. The molecule has 0 spiro atoms. The number of nitrogens with zero attached hydrogens (tertiary/aromatic N) is 2.